The van der Waals surface area contributed by atoms with Gasteiger partial charge >= 0.3 is 0 Å². The average Bonchev–Trinajstić information content (AvgIpc) is 2.79. The smallest absolute Gasteiger partial charge is 0.230 e. The number of nitrogens with one attached hydrogen (secondary N) is 2. The molecule has 0 saturated heterocycles. The van der Waals surface area contributed by atoms with Gasteiger partial charge in [-0.25, -0.2) is 4.98 Å². The van der Waals surface area contributed by atoms with Crippen molar-refractivity contribution >= 4 is 39.7 Å². The van der Waals surface area contributed by atoms with Crippen molar-refractivity contribution in [1.82, 2.24) is 25.5 Å². The Kier molecular flexibility index (Phi) is 4.83. The first kappa shape index (κ1) is 16.3. The molecule has 0 spiro atoms. The van der Waals surface area contributed by atoms with Gasteiger partial charge in [-0.2, -0.15) is 0 Å². The van der Waals surface area contributed by atoms with Crippen LogP contribution in [0.15, 0.2) is 29.4 Å². The maximum atomic E-state index is 12.2. The van der Waals surface area contributed by atoms with Gasteiger partial charge in [0.15, 0.2) is 5.65 Å². The Hall–Kier alpha value is -2.15. The lowest BCUT2D eigenvalue weighted by Crippen LogP contribution is -2.35. The zero-order valence-corrected chi connectivity index (χ0v) is 14.8. The fraction of sp³-hybridized carbons (Fsp3) is 0.444. The van der Waals surface area contributed by atoms with E-state index in [4.69, 9.17) is 0 Å². The summed E-state index contributed by atoms with van der Waals surface area (Å²) in [5.41, 5.74) is 2.47. The fourth-order valence-corrected chi connectivity index (χ4v) is 3.99. The fourth-order valence-electron chi connectivity index (χ4n) is 3.39. The number of para-hydroxylation sites is 1. The van der Waals surface area contributed by atoms with Crippen LogP contribution in [-0.2, 0) is 4.79 Å². The lowest BCUT2D eigenvalue weighted by Gasteiger charge is -2.15. The summed E-state index contributed by atoms with van der Waals surface area (Å²) in [6.45, 7) is 0. The van der Waals surface area contributed by atoms with Crippen LogP contribution in [0.25, 0.3) is 22.1 Å². The third-order valence-electron chi connectivity index (χ3n) is 4.66. The number of amides is 1. The molecule has 2 aromatic heterocycles. The maximum absolute atomic E-state index is 12.2. The number of aromatic nitrogens is 4. The normalized spacial score (nSPS) is 16.2. The van der Waals surface area contributed by atoms with Crippen molar-refractivity contribution in [3.63, 3.8) is 0 Å². The van der Waals surface area contributed by atoms with E-state index in [0.29, 0.717) is 22.6 Å². The molecule has 0 atom stereocenters. The molecule has 1 aromatic carbocycles. The van der Waals surface area contributed by atoms with Crippen LogP contribution < -0.4 is 5.32 Å². The molecule has 1 fully saturated rings. The number of thioether (sulfide) groups is 1. The van der Waals surface area contributed by atoms with Crippen LogP contribution in [0.2, 0.25) is 0 Å². The number of H-pyrrole nitrogens is 1. The molecule has 3 aromatic rings. The van der Waals surface area contributed by atoms with Crippen LogP contribution >= 0.6 is 11.8 Å². The van der Waals surface area contributed by atoms with Gasteiger partial charge in [0.2, 0.25) is 11.1 Å². The number of hydrogen-bond donors (Lipinski definition) is 2. The predicted molar refractivity (Wildman–Crippen MR) is 99.5 cm³/mol. The zero-order valence-electron chi connectivity index (χ0n) is 14.0. The molecule has 25 heavy (non-hydrogen) atoms. The minimum Gasteiger partial charge on any atom is -0.353 e. The van der Waals surface area contributed by atoms with Crippen LogP contribution in [0.3, 0.4) is 0 Å². The number of hydrogen-bond acceptors (Lipinski definition) is 5. The number of nitrogens with zero attached hydrogens (tertiary/aromatic N) is 3. The minimum atomic E-state index is 0.0530. The monoisotopic (exact) mass is 355 g/mol. The molecular weight excluding hydrogens is 334 g/mol. The van der Waals surface area contributed by atoms with Crippen LogP contribution in [0.4, 0.5) is 0 Å². The second kappa shape index (κ2) is 7.39. The van der Waals surface area contributed by atoms with Crippen LogP contribution in [-0.4, -0.2) is 37.9 Å². The average molecular weight is 355 g/mol. The summed E-state index contributed by atoms with van der Waals surface area (Å²) in [7, 11) is 0. The van der Waals surface area contributed by atoms with Crippen molar-refractivity contribution in [3.8, 4) is 0 Å². The molecule has 4 rings (SSSR count). The molecule has 0 bridgehead atoms. The highest BCUT2D eigenvalue weighted by Crippen LogP contribution is 2.23. The van der Waals surface area contributed by atoms with E-state index < -0.39 is 0 Å². The van der Waals surface area contributed by atoms with E-state index >= 15 is 0 Å². The molecule has 1 saturated carbocycles. The summed E-state index contributed by atoms with van der Waals surface area (Å²) in [6.07, 6.45) is 7.17. The second-order valence-corrected chi connectivity index (χ2v) is 7.45. The van der Waals surface area contributed by atoms with E-state index in [1.807, 2.05) is 24.3 Å². The standard InChI is InChI=1S/C18H21N5OS/c24-15(19-12-7-3-1-2-4-8-12)11-25-18-21-17-16(22-23-18)13-9-5-6-10-14(13)20-17/h5-6,9-10,12H,1-4,7-8,11H2,(H,19,24)(H,20,21,23). The van der Waals surface area contributed by atoms with Gasteiger partial charge in [0.05, 0.1) is 5.75 Å². The number of carbonyl (C=O) groups excluding carboxylic acids is 1. The van der Waals surface area contributed by atoms with Crippen molar-refractivity contribution in [3.05, 3.63) is 24.3 Å². The number of fused-ring (bicyclic) bond motifs is 3. The summed E-state index contributed by atoms with van der Waals surface area (Å²) in [4.78, 5) is 19.9. The number of carbonyl (C=O) groups is 1. The van der Waals surface area contributed by atoms with Gasteiger partial charge in [0.1, 0.15) is 5.52 Å². The third-order valence-corrected chi connectivity index (χ3v) is 5.49. The SMILES string of the molecule is O=C(CSc1nnc2c(n1)[nH]c1ccccc12)NC1CCCCCC1. The zero-order chi connectivity index (χ0) is 17.1. The molecule has 1 amide bonds. The highest BCUT2D eigenvalue weighted by Gasteiger charge is 2.15. The molecule has 0 unspecified atom stereocenters. The Morgan fingerprint density at radius 1 is 1.16 bits per heavy atom. The van der Waals surface area contributed by atoms with E-state index in [-0.39, 0.29) is 5.91 Å². The van der Waals surface area contributed by atoms with Crippen molar-refractivity contribution < 1.29 is 4.79 Å². The molecule has 1 aliphatic carbocycles. The van der Waals surface area contributed by atoms with Gasteiger partial charge in [0, 0.05) is 16.9 Å². The lowest BCUT2D eigenvalue weighted by molar-refractivity contribution is -0.119. The Balaban J connectivity index is 1.40. The molecule has 0 aliphatic heterocycles. The minimum absolute atomic E-state index is 0.0530. The molecule has 1 aliphatic rings. The van der Waals surface area contributed by atoms with Gasteiger partial charge in [-0.05, 0) is 18.9 Å². The lowest BCUT2D eigenvalue weighted by atomic mass is 10.1. The third kappa shape index (κ3) is 3.76. The molecule has 2 N–H and O–H groups in total. The Bertz CT molecular complexity index is 885. The van der Waals surface area contributed by atoms with Crippen LogP contribution in [0.1, 0.15) is 38.5 Å². The van der Waals surface area contributed by atoms with Crippen molar-refractivity contribution in [2.45, 2.75) is 49.7 Å². The highest BCUT2D eigenvalue weighted by molar-refractivity contribution is 7.99. The van der Waals surface area contributed by atoms with Crippen molar-refractivity contribution in [2.75, 3.05) is 5.75 Å². The van der Waals surface area contributed by atoms with Crippen molar-refractivity contribution in [1.29, 1.82) is 0 Å². The maximum Gasteiger partial charge on any atom is 0.230 e. The topological polar surface area (TPSA) is 83.6 Å². The quantitative estimate of drug-likeness (QED) is 0.553. The van der Waals surface area contributed by atoms with Gasteiger partial charge in [-0.3, -0.25) is 4.79 Å². The number of aromatic amines is 1. The summed E-state index contributed by atoms with van der Waals surface area (Å²) in [5, 5.41) is 13.1. The van der Waals surface area contributed by atoms with E-state index in [1.165, 1.54) is 37.4 Å². The molecule has 2 heterocycles. The van der Waals surface area contributed by atoms with E-state index in [1.54, 1.807) is 0 Å². The largest absolute Gasteiger partial charge is 0.353 e. The first-order chi connectivity index (χ1) is 12.3. The molecule has 7 heteroatoms. The van der Waals surface area contributed by atoms with Gasteiger partial charge in [-0.15, -0.1) is 10.2 Å². The first-order valence-corrected chi connectivity index (χ1v) is 9.81. The summed E-state index contributed by atoms with van der Waals surface area (Å²) in [6, 6.07) is 8.26. The first-order valence-electron chi connectivity index (χ1n) is 8.83. The molecule has 130 valence electrons. The highest BCUT2D eigenvalue weighted by atomic mass is 32.2. The van der Waals surface area contributed by atoms with Gasteiger partial charge < -0.3 is 10.3 Å². The Morgan fingerprint density at radius 3 is 2.80 bits per heavy atom. The summed E-state index contributed by atoms with van der Waals surface area (Å²) >= 11 is 1.33. The van der Waals surface area contributed by atoms with Gasteiger partial charge in [0.25, 0.3) is 0 Å². The Labute approximate surface area is 150 Å². The van der Waals surface area contributed by atoms with Crippen molar-refractivity contribution in [2.24, 2.45) is 0 Å². The van der Waals surface area contributed by atoms with E-state index in [0.717, 1.165) is 29.3 Å². The van der Waals surface area contributed by atoms with E-state index in [2.05, 4.69) is 25.5 Å². The number of rotatable bonds is 4. The number of benzene rings is 1. The van der Waals surface area contributed by atoms with E-state index in [9.17, 15) is 4.79 Å². The summed E-state index contributed by atoms with van der Waals surface area (Å²) in [5.74, 6) is 0.376. The predicted octanol–water partition coefficient (Wildman–Crippen LogP) is 3.44. The second-order valence-electron chi connectivity index (χ2n) is 6.51. The Morgan fingerprint density at radius 2 is 1.96 bits per heavy atom. The summed E-state index contributed by atoms with van der Waals surface area (Å²) < 4.78 is 0. The van der Waals surface area contributed by atoms with Gasteiger partial charge in [-0.1, -0.05) is 55.6 Å². The van der Waals surface area contributed by atoms with Crippen LogP contribution in [0, 0.1) is 0 Å². The molecular formula is C18H21N5OS. The molecule has 0 radical (unpaired) electrons. The molecule has 6 nitrogen and oxygen atoms in total. The van der Waals surface area contributed by atoms with Crippen LogP contribution in [0.5, 0.6) is 0 Å².